The van der Waals surface area contributed by atoms with E-state index in [9.17, 15) is 4.39 Å². The topological polar surface area (TPSA) is 17.8 Å². The predicted octanol–water partition coefficient (Wildman–Crippen LogP) is 5.10. The molecule has 1 atom stereocenters. The molecule has 1 aliphatic carbocycles. The third-order valence-electron chi connectivity index (χ3n) is 4.80. The molecule has 0 spiro atoms. The molecule has 0 N–H and O–H groups in total. The molecule has 3 rings (SSSR count). The summed E-state index contributed by atoms with van der Waals surface area (Å²) in [5, 5.41) is 0. The first-order chi connectivity index (χ1) is 10.2. The third-order valence-corrected chi connectivity index (χ3v) is 4.99. The molecule has 4 heteroatoms. The van der Waals surface area contributed by atoms with Crippen LogP contribution < -0.4 is 0 Å². The van der Waals surface area contributed by atoms with Gasteiger partial charge in [0.15, 0.2) is 5.82 Å². The lowest BCUT2D eigenvalue weighted by atomic mass is 9.84. The summed E-state index contributed by atoms with van der Waals surface area (Å²) in [5.41, 5.74) is 1.40. The highest BCUT2D eigenvalue weighted by atomic mass is 35.5. The van der Waals surface area contributed by atoms with Gasteiger partial charge in [0, 0.05) is 18.3 Å². The number of aryl methyl sites for hydroxylation is 1. The summed E-state index contributed by atoms with van der Waals surface area (Å²) in [5.74, 6) is 1.86. The van der Waals surface area contributed by atoms with E-state index in [-0.39, 0.29) is 5.82 Å². The average molecular weight is 309 g/mol. The van der Waals surface area contributed by atoms with E-state index >= 15 is 0 Å². The van der Waals surface area contributed by atoms with E-state index < -0.39 is 0 Å². The lowest BCUT2D eigenvalue weighted by molar-refractivity contribution is 0.264. The molecule has 0 radical (unpaired) electrons. The van der Waals surface area contributed by atoms with Gasteiger partial charge in [-0.2, -0.15) is 0 Å². The fourth-order valence-electron chi connectivity index (χ4n) is 3.67. The van der Waals surface area contributed by atoms with Crippen LogP contribution in [0.5, 0.6) is 0 Å². The Morgan fingerprint density at radius 3 is 2.81 bits per heavy atom. The number of para-hydroxylation sites is 1. The van der Waals surface area contributed by atoms with Crippen LogP contribution in [0, 0.1) is 11.7 Å². The molecule has 1 fully saturated rings. The number of hydrogen-bond donors (Lipinski definition) is 0. The first kappa shape index (κ1) is 14.8. The molecule has 0 saturated heterocycles. The largest absolute Gasteiger partial charge is 0.325 e. The number of hydrogen-bond acceptors (Lipinski definition) is 1. The van der Waals surface area contributed by atoms with E-state index in [4.69, 9.17) is 11.6 Å². The molecule has 1 aromatic heterocycles. The Kier molecular flexibility index (Phi) is 4.48. The van der Waals surface area contributed by atoms with Gasteiger partial charge in [0.1, 0.15) is 11.3 Å². The van der Waals surface area contributed by atoms with Crippen molar-refractivity contribution in [2.45, 2.75) is 51.5 Å². The predicted molar refractivity (Wildman–Crippen MR) is 85.4 cm³/mol. The molecule has 1 aliphatic rings. The van der Waals surface area contributed by atoms with Gasteiger partial charge in [-0.05, 0) is 37.8 Å². The SMILES string of the molecule is CC(C1CCCCC1)n1c(CCCl)nc2c(F)cccc21. The quantitative estimate of drug-likeness (QED) is 0.719. The Bertz CT molecular complexity index is 617. The van der Waals surface area contributed by atoms with E-state index in [1.54, 1.807) is 6.07 Å². The van der Waals surface area contributed by atoms with Gasteiger partial charge >= 0.3 is 0 Å². The fraction of sp³-hybridized carbons (Fsp3) is 0.588. The Labute approximate surface area is 130 Å². The maximum Gasteiger partial charge on any atom is 0.151 e. The van der Waals surface area contributed by atoms with Gasteiger partial charge in [0.25, 0.3) is 0 Å². The lowest BCUT2D eigenvalue weighted by Gasteiger charge is -2.30. The highest BCUT2D eigenvalue weighted by Crippen LogP contribution is 2.35. The van der Waals surface area contributed by atoms with Crippen LogP contribution in [0.15, 0.2) is 18.2 Å². The molecule has 0 amide bonds. The van der Waals surface area contributed by atoms with E-state index in [2.05, 4.69) is 16.5 Å². The maximum absolute atomic E-state index is 14.0. The number of alkyl halides is 1. The van der Waals surface area contributed by atoms with Gasteiger partial charge in [-0.15, -0.1) is 11.6 Å². The number of aromatic nitrogens is 2. The summed E-state index contributed by atoms with van der Waals surface area (Å²) in [6, 6.07) is 5.58. The second-order valence-electron chi connectivity index (χ2n) is 6.08. The first-order valence-corrected chi connectivity index (χ1v) is 8.47. The van der Waals surface area contributed by atoms with Crippen molar-refractivity contribution in [3.05, 3.63) is 29.8 Å². The number of nitrogens with zero attached hydrogens (tertiary/aromatic N) is 2. The van der Waals surface area contributed by atoms with Crippen molar-refractivity contribution in [2.75, 3.05) is 5.88 Å². The lowest BCUT2D eigenvalue weighted by Crippen LogP contribution is -2.21. The van der Waals surface area contributed by atoms with Crippen molar-refractivity contribution in [1.29, 1.82) is 0 Å². The van der Waals surface area contributed by atoms with E-state index in [0.717, 1.165) is 11.3 Å². The van der Waals surface area contributed by atoms with Crippen molar-refractivity contribution in [1.82, 2.24) is 9.55 Å². The Morgan fingerprint density at radius 2 is 2.10 bits per heavy atom. The van der Waals surface area contributed by atoms with E-state index in [1.165, 1.54) is 38.2 Å². The summed E-state index contributed by atoms with van der Waals surface area (Å²) in [6.45, 7) is 2.25. The number of halogens is 2. The molecule has 1 aromatic carbocycles. The average Bonchev–Trinajstić information content (AvgIpc) is 2.87. The summed E-state index contributed by atoms with van der Waals surface area (Å²) in [4.78, 5) is 4.52. The number of benzene rings is 1. The minimum Gasteiger partial charge on any atom is -0.325 e. The Morgan fingerprint density at radius 1 is 1.33 bits per heavy atom. The fourth-order valence-corrected chi connectivity index (χ4v) is 3.84. The van der Waals surface area contributed by atoms with Gasteiger partial charge in [-0.25, -0.2) is 9.37 Å². The third kappa shape index (κ3) is 2.80. The Balaban J connectivity index is 2.05. The zero-order valence-corrected chi connectivity index (χ0v) is 13.2. The molecule has 21 heavy (non-hydrogen) atoms. The van der Waals surface area contributed by atoms with Crippen LogP contribution in [0.4, 0.5) is 4.39 Å². The second kappa shape index (κ2) is 6.35. The molecule has 1 saturated carbocycles. The summed E-state index contributed by atoms with van der Waals surface area (Å²) in [7, 11) is 0. The smallest absolute Gasteiger partial charge is 0.151 e. The van der Waals surface area contributed by atoms with E-state index in [0.29, 0.717) is 29.8 Å². The highest BCUT2D eigenvalue weighted by Gasteiger charge is 2.25. The van der Waals surface area contributed by atoms with Crippen LogP contribution in [-0.2, 0) is 6.42 Å². The normalized spacial score (nSPS) is 18.2. The van der Waals surface area contributed by atoms with Crippen LogP contribution in [0.3, 0.4) is 0 Å². The van der Waals surface area contributed by atoms with Crippen molar-refractivity contribution in [3.8, 4) is 0 Å². The van der Waals surface area contributed by atoms with Gasteiger partial charge in [-0.3, -0.25) is 0 Å². The molecule has 2 aromatic rings. The second-order valence-corrected chi connectivity index (χ2v) is 6.46. The monoisotopic (exact) mass is 308 g/mol. The Hall–Kier alpha value is -1.09. The van der Waals surface area contributed by atoms with Crippen LogP contribution in [0.2, 0.25) is 0 Å². The standard InChI is InChI=1S/C17H22ClFN2/c1-12(13-6-3-2-4-7-13)21-15-9-5-8-14(19)17(15)20-16(21)10-11-18/h5,8-9,12-13H,2-4,6-7,10-11H2,1H3. The number of fused-ring (bicyclic) bond motifs is 1. The van der Waals surface area contributed by atoms with Gasteiger partial charge < -0.3 is 4.57 Å². The van der Waals surface area contributed by atoms with Gasteiger partial charge in [0.05, 0.1) is 5.52 Å². The van der Waals surface area contributed by atoms with Crippen LogP contribution in [0.25, 0.3) is 11.0 Å². The first-order valence-electron chi connectivity index (χ1n) is 7.93. The molecule has 2 nitrogen and oxygen atoms in total. The summed E-state index contributed by atoms with van der Waals surface area (Å²) in [6.07, 6.45) is 7.17. The highest BCUT2D eigenvalue weighted by molar-refractivity contribution is 6.17. The van der Waals surface area contributed by atoms with E-state index in [1.807, 2.05) is 6.07 Å². The molecule has 114 valence electrons. The van der Waals surface area contributed by atoms with Gasteiger partial charge in [0.2, 0.25) is 0 Å². The van der Waals surface area contributed by atoms with Crippen molar-refractivity contribution in [2.24, 2.45) is 5.92 Å². The molecular weight excluding hydrogens is 287 g/mol. The molecule has 0 aliphatic heterocycles. The van der Waals surface area contributed by atoms with Gasteiger partial charge in [-0.1, -0.05) is 25.3 Å². The minimum absolute atomic E-state index is 0.238. The number of rotatable bonds is 4. The zero-order valence-electron chi connectivity index (χ0n) is 12.5. The van der Waals surface area contributed by atoms with Crippen LogP contribution >= 0.6 is 11.6 Å². The summed E-state index contributed by atoms with van der Waals surface area (Å²) >= 11 is 5.92. The molecule has 1 unspecified atom stereocenters. The van der Waals surface area contributed by atoms with Crippen LogP contribution in [-0.4, -0.2) is 15.4 Å². The maximum atomic E-state index is 14.0. The van der Waals surface area contributed by atoms with Crippen molar-refractivity contribution >= 4 is 22.6 Å². The van der Waals surface area contributed by atoms with Crippen LogP contribution in [0.1, 0.15) is 50.9 Å². The number of imidazole rings is 1. The zero-order chi connectivity index (χ0) is 14.8. The molecule has 1 heterocycles. The van der Waals surface area contributed by atoms with Crippen molar-refractivity contribution < 1.29 is 4.39 Å². The molecule has 0 bridgehead atoms. The minimum atomic E-state index is -0.238. The molecular formula is C17H22ClFN2. The summed E-state index contributed by atoms with van der Waals surface area (Å²) < 4.78 is 16.2. The van der Waals surface area contributed by atoms with Crippen molar-refractivity contribution in [3.63, 3.8) is 0 Å².